The summed E-state index contributed by atoms with van der Waals surface area (Å²) in [5.41, 5.74) is 2.66. The molecule has 0 N–H and O–H groups in total. The highest BCUT2D eigenvalue weighted by molar-refractivity contribution is 7.81. The number of fused-ring (bicyclic) bond motifs is 6. The molecule has 0 aromatic heterocycles. The molecule has 0 heterocycles. The Hall–Kier alpha value is -6.94. The molecule has 12 rings (SSSR count). The normalized spacial score (nSPS) is 11.8. The summed E-state index contributed by atoms with van der Waals surface area (Å²) in [6.45, 7) is 0. The van der Waals surface area contributed by atoms with Crippen molar-refractivity contribution < 1.29 is 0 Å². The molecule has 0 nitrogen and oxygen atoms in total. The molecular formula is C60H40P2. The molecule has 0 bridgehead atoms. The van der Waals surface area contributed by atoms with Crippen molar-refractivity contribution in [1.29, 1.82) is 0 Å². The maximum atomic E-state index is 2.47. The fourth-order valence-electron chi connectivity index (χ4n) is 9.54. The lowest BCUT2D eigenvalue weighted by atomic mass is 9.93. The molecule has 0 radical (unpaired) electrons. The summed E-state index contributed by atoms with van der Waals surface area (Å²) in [5, 5.41) is 23.3. The Morgan fingerprint density at radius 3 is 0.742 bits per heavy atom. The van der Waals surface area contributed by atoms with Crippen LogP contribution in [0, 0.1) is 0 Å². The van der Waals surface area contributed by atoms with Gasteiger partial charge >= 0.3 is 0 Å². The summed E-state index contributed by atoms with van der Waals surface area (Å²) >= 11 is 0. The van der Waals surface area contributed by atoms with Crippen LogP contribution in [0.15, 0.2) is 243 Å². The van der Waals surface area contributed by atoms with E-state index in [0.29, 0.717) is 0 Å². The van der Waals surface area contributed by atoms with Gasteiger partial charge in [0.2, 0.25) is 0 Å². The fourth-order valence-corrected chi connectivity index (χ4v) is 14.6. The third-order valence-corrected chi connectivity index (χ3v) is 17.4. The van der Waals surface area contributed by atoms with Crippen molar-refractivity contribution in [3.8, 4) is 11.1 Å². The van der Waals surface area contributed by atoms with Gasteiger partial charge in [0.1, 0.15) is 0 Å². The van der Waals surface area contributed by atoms with Gasteiger partial charge in [-0.15, -0.1) is 0 Å². The van der Waals surface area contributed by atoms with Crippen LogP contribution < -0.4 is 31.8 Å². The van der Waals surface area contributed by atoms with E-state index in [4.69, 9.17) is 0 Å². The van der Waals surface area contributed by atoms with Crippen molar-refractivity contribution in [2.45, 2.75) is 0 Å². The van der Waals surface area contributed by atoms with Crippen molar-refractivity contribution in [3.05, 3.63) is 243 Å². The average molecular weight is 823 g/mol. The SMILES string of the molecule is c1ccc2cc(P(c3ccc4ccccc4c3)c3ccc4ccccc4c3-c3c(P(c4ccc5ccccc5c4)c4ccc5ccccc5c4)ccc4ccccc34)ccc2c1. The smallest absolute Gasteiger partial charge is 0.000884 e. The lowest BCUT2D eigenvalue weighted by molar-refractivity contribution is 1.73. The summed E-state index contributed by atoms with van der Waals surface area (Å²) in [4.78, 5) is 0. The van der Waals surface area contributed by atoms with Crippen LogP contribution in [0.3, 0.4) is 0 Å². The lowest BCUT2D eigenvalue weighted by Crippen LogP contribution is -2.26. The van der Waals surface area contributed by atoms with Crippen LogP contribution in [0.1, 0.15) is 0 Å². The maximum Gasteiger partial charge on any atom is -0.000884 e. The van der Waals surface area contributed by atoms with Gasteiger partial charge in [0.25, 0.3) is 0 Å². The van der Waals surface area contributed by atoms with Gasteiger partial charge < -0.3 is 0 Å². The second kappa shape index (κ2) is 15.5. The van der Waals surface area contributed by atoms with Crippen LogP contribution in [0.25, 0.3) is 75.8 Å². The molecule has 12 aromatic rings. The second-order valence-electron chi connectivity index (χ2n) is 16.2. The van der Waals surface area contributed by atoms with E-state index >= 15 is 0 Å². The molecule has 0 saturated carbocycles. The van der Waals surface area contributed by atoms with Crippen LogP contribution in [-0.2, 0) is 0 Å². The third kappa shape index (κ3) is 6.47. The summed E-state index contributed by atoms with van der Waals surface area (Å²) in [5.74, 6) is 0. The van der Waals surface area contributed by atoms with Crippen LogP contribution in [0.5, 0.6) is 0 Å². The minimum Gasteiger partial charge on any atom is -0.0616 e. The highest BCUT2D eigenvalue weighted by Gasteiger charge is 2.29. The van der Waals surface area contributed by atoms with Gasteiger partial charge in [0.15, 0.2) is 0 Å². The van der Waals surface area contributed by atoms with E-state index in [1.165, 1.54) is 108 Å². The van der Waals surface area contributed by atoms with E-state index in [1.54, 1.807) is 0 Å². The first kappa shape index (κ1) is 36.9. The molecule has 0 atom stereocenters. The largest absolute Gasteiger partial charge is 0.0616 e. The molecule has 0 aliphatic heterocycles. The van der Waals surface area contributed by atoms with Gasteiger partial charge in [-0.2, -0.15) is 0 Å². The molecule has 0 fully saturated rings. The van der Waals surface area contributed by atoms with Crippen LogP contribution >= 0.6 is 15.8 Å². The molecule has 0 saturated heterocycles. The molecule has 0 unspecified atom stereocenters. The second-order valence-corrected chi connectivity index (χ2v) is 20.5. The number of benzene rings is 12. The van der Waals surface area contributed by atoms with E-state index < -0.39 is 15.8 Å². The highest BCUT2D eigenvalue weighted by Crippen LogP contribution is 2.46. The van der Waals surface area contributed by atoms with E-state index in [2.05, 4.69) is 243 Å². The van der Waals surface area contributed by atoms with Crippen LogP contribution in [0.2, 0.25) is 0 Å². The summed E-state index contributed by atoms with van der Waals surface area (Å²) in [7, 11) is -2.09. The molecule has 2 heteroatoms. The summed E-state index contributed by atoms with van der Waals surface area (Å²) in [6, 6.07) is 91.6. The molecule has 0 aliphatic rings. The first-order valence-corrected chi connectivity index (χ1v) is 24.0. The number of rotatable bonds is 7. The number of hydrogen-bond donors (Lipinski definition) is 0. The number of hydrogen-bond acceptors (Lipinski definition) is 0. The van der Waals surface area contributed by atoms with Gasteiger partial charge in [-0.1, -0.05) is 218 Å². The topological polar surface area (TPSA) is 0 Å². The average Bonchev–Trinajstić information content (AvgIpc) is 3.34. The van der Waals surface area contributed by atoms with Gasteiger partial charge in [-0.25, -0.2) is 0 Å². The Kier molecular flexibility index (Phi) is 9.22. The van der Waals surface area contributed by atoms with Crippen LogP contribution in [-0.4, -0.2) is 0 Å². The molecule has 0 aliphatic carbocycles. The Morgan fingerprint density at radius 1 is 0.194 bits per heavy atom. The summed E-state index contributed by atoms with van der Waals surface area (Å²) in [6.07, 6.45) is 0. The van der Waals surface area contributed by atoms with E-state index in [1.807, 2.05) is 0 Å². The first-order chi connectivity index (χ1) is 30.7. The minimum absolute atomic E-state index is 1.05. The molecular weight excluding hydrogens is 783 g/mol. The first-order valence-electron chi connectivity index (χ1n) is 21.3. The van der Waals surface area contributed by atoms with Crippen molar-refractivity contribution in [2.75, 3.05) is 0 Å². The zero-order valence-electron chi connectivity index (χ0n) is 34.0. The van der Waals surface area contributed by atoms with Crippen molar-refractivity contribution in [2.24, 2.45) is 0 Å². The van der Waals surface area contributed by atoms with Gasteiger partial charge in [0.05, 0.1) is 0 Å². The molecule has 62 heavy (non-hydrogen) atoms. The van der Waals surface area contributed by atoms with Crippen molar-refractivity contribution in [3.63, 3.8) is 0 Å². The zero-order valence-corrected chi connectivity index (χ0v) is 35.8. The highest BCUT2D eigenvalue weighted by atomic mass is 31.1. The van der Waals surface area contributed by atoms with Gasteiger partial charge in [-0.3, -0.25) is 0 Å². The van der Waals surface area contributed by atoms with Gasteiger partial charge in [-0.05, 0) is 148 Å². The monoisotopic (exact) mass is 822 g/mol. The predicted molar refractivity (Wildman–Crippen MR) is 274 cm³/mol. The van der Waals surface area contributed by atoms with Gasteiger partial charge in [0, 0.05) is 0 Å². The summed E-state index contributed by atoms with van der Waals surface area (Å²) < 4.78 is 0. The quantitative estimate of drug-likeness (QED) is 0.141. The fraction of sp³-hybridized carbons (Fsp3) is 0. The Balaban J connectivity index is 1.21. The Morgan fingerprint density at radius 2 is 0.435 bits per heavy atom. The maximum absolute atomic E-state index is 2.47. The molecule has 0 spiro atoms. The third-order valence-electron chi connectivity index (χ3n) is 12.5. The Labute approximate surface area is 364 Å². The molecule has 0 amide bonds. The lowest BCUT2D eigenvalue weighted by Gasteiger charge is -2.29. The Bertz CT molecular complexity index is 3280. The minimum atomic E-state index is -1.05. The molecule has 12 aromatic carbocycles. The van der Waals surface area contributed by atoms with E-state index in [-0.39, 0.29) is 0 Å². The van der Waals surface area contributed by atoms with Crippen molar-refractivity contribution >= 4 is 112 Å². The van der Waals surface area contributed by atoms with Crippen LogP contribution in [0.4, 0.5) is 0 Å². The van der Waals surface area contributed by atoms with E-state index in [9.17, 15) is 0 Å². The zero-order chi connectivity index (χ0) is 41.0. The van der Waals surface area contributed by atoms with Crippen molar-refractivity contribution in [1.82, 2.24) is 0 Å². The van der Waals surface area contributed by atoms with E-state index in [0.717, 1.165) is 0 Å². The molecule has 290 valence electrons. The standard InChI is InChI=1S/C60H40P2/c1-5-19-47-37-51(31-25-41(47)13-1)61(52-32-26-42-14-2-6-20-48(42)38-52)57-35-29-45-17-9-11-23-55(45)59(57)60-56-24-12-10-18-46(56)30-36-58(60)62(53-33-27-43-15-3-7-21-49(43)39-53)54-34-28-44-16-4-8-22-50(44)40-54/h1-40H. The predicted octanol–water partition coefficient (Wildman–Crippen LogP) is 13.8.